The number of anilines is 1. The van der Waals surface area contributed by atoms with Crippen molar-refractivity contribution in [1.29, 1.82) is 0 Å². The Kier molecular flexibility index (Phi) is 5.83. The Morgan fingerprint density at radius 1 is 1.09 bits per heavy atom. The zero-order valence-electron chi connectivity index (χ0n) is 12.5. The quantitative estimate of drug-likeness (QED) is 0.838. The summed E-state index contributed by atoms with van der Waals surface area (Å²) in [5, 5.41) is 7.34. The van der Waals surface area contributed by atoms with Gasteiger partial charge >= 0.3 is 0 Å². The van der Waals surface area contributed by atoms with Gasteiger partial charge < -0.3 is 10.6 Å². The third-order valence-electron chi connectivity index (χ3n) is 3.41. The van der Waals surface area contributed by atoms with Crippen LogP contribution in [0, 0.1) is 6.92 Å². The number of hydrogen-bond donors (Lipinski definition) is 2. The molecule has 0 aliphatic rings. The summed E-state index contributed by atoms with van der Waals surface area (Å²) in [6, 6.07) is 13.0. The minimum absolute atomic E-state index is 0.0588. The van der Waals surface area contributed by atoms with Gasteiger partial charge in [-0.15, -0.1) is 0 Å². The molecule has 0 aliphatic carbocycles. The van der Waals surface area contributed by atoms with Crippen molar-refractivity contribution >= 4 is 34.8 Å². The van der Waals surface area contributed by atoms with Crippen LogP contribution in [0.25, 0.3) is 0 Å². The van der Waals surface area contributed by atoms with E-state index in [1.54, 1.807) is 12.1 Å². The van der Waals surface area contributed by atoms with Gasteiger partial charge in [0.2, 0.25) is 5.91 Å². The highest BCUT2D eigenvalue weighted by Crippen LogP contribution is 2.20. The molecule has 1 amide bonds. The van der Waals surface area contributed by atoms with Gasteiger partial charge in [-0.25, -0.2) is 0 Å². The standard InChI is InChI=1S/C17H18Cl2N2O/c1-11-3-6-15(19)9-16(11)21-17(22)10-20-12(2)13-4-7-14(18)8-5-13/h3-9,12,20H,10H2,1-2H3,(H,21,22)/t12-/m1/s1. The molecule has 1 atom stereocenters. The van der Waals surface area contributed by atoms with Gasteiger partial charge in [0.15, 0.2) is 0 Å². The Hall–Kier alpha value is -1.55. The van der Waals surface area contributed by atoms with Crippen LogP contribution < -0.4 is 10.6 Å². The predicted molar refractivity (Wildman–Crippen MR) is 92.7 cm³/mol. The molecule has 0 saturated carbocycles. The molecule has 0 aliphatic heterocycles. The highest BCUT2D eigenvalue weighted by Gasteiger charge is 2.09. The fourth-order valence-corrected chi connectivity index (χ4v) is 2.34. The molecule has 5 heteroatoms. The Bertz CT molecular complexity index is 656. The van der Waals surface area contributed by atoms with Crippen LogP contribution in [0.15, 0.2) is 42.5 Å². The van der Waals surface area contributed by atoms with Crippen molar-refractivity contribution in [2.75, 3.05) is 11.9 Å². The van der Waals surface area contributed by atoms with Crippen LogP contribution in [0.4, 0.5) is 5.69 Å². The summed E-state index contributed by atoms with van der Waals surface area (Å²) in [7, 11) is 0. The van der Waals surface area contributed by atoms with Gasteiger partial charge in [0, 0.05) is 21.8 Å². The van der Waals surface area contributed by atoms with Crippen molar-refractivity contribution in [2.45, 2.75) is 19.9 Å². The second kappa shape index (κ2) is 7.63. The molecule has 22 heavy (non-hydrogen) atoms. The molecule has 3 nitrogen and oxygen atoms in total. The lowest BCUT2D eigenvalue weighted by molar-refractivity contribution is -0.115. The van der Waals surface area contributed by atoms with E-state index in [4.69, 9.17) is 23.2 Å². The molecule has 0 saturated heterocycles. The van der Waals surface area contributed by atoms with E-state index in [9.17, 15) is 4.79 Å². The summed E-state index contributed by atoms with van der Waals surface area (Å²) in [6.45, 7) is 4.15. The predicted octanol–water partition coefficient (Wildman–Crippen LogP) is 4.59. The minimum Gasteiger partial charge on any atom is -0.325 e. The van der Waals surface area contributed by atoms with E-state index in [1.165, 1.54) is 0 Å². The van der Waals surface area contributed by atoms with Crippen LogP contribution in [0.5, 0.6) is 0 Å². The molecule has 0 fully saturated rings. The van der Waals surface area contributed by atoms with E-state index < -0.39 is 0 Å². The lowest BCUT2D eigenvalue weighted by Crippen LogP contribution is -2.30. The molecule has 116 valence electrons. The van der Waals surface area contributed by atoms with Gasteiger partial charge in [-0.1, -0.05) is 41.4 Å². The first kappa shape index (κ1) is 16.8. The largest absolute Gasteiger partial charge is 0.325 e. The zero-order chi connectivity index (χ0) is 16.1. The van der Waals surface area contributed by atoms with Crippen molar-refractivity contribution < 1.29 is 4.79 Å². The third-order valence-corrected chi connectivity index (χ3v) is 3.90. The second-order valence-corrected chi connectivity index (χ2v) is 6.03. The number of rotatable bonds is 5. The zero-order valence-corrected chi connectivity index (χ0v) is 14.0. The fraction of sp³-hybridized carbons (Fsp3) is 0.235. The molecule has 0 spiro atoms. The Balaban J connectivity index is 1.89. The molecule has 2 aromatic rings. The first-order valence-electron chi connectivity index (χ1n) is 7.00. The fourth-order valence-electron chi connectivity index (χ4n) is 2.04. The maximum absolute atomic E-state index is 12.0. The number of benzene rings is 2. The number of nitrogens with one attached hydrogen (secondary N) is 2. The number of amides is 1. The van der Waals surface area contributed by atoms with Crippen molar-refractivity contribution in [1.82, 2.24) is 5.32 Å². The second-order valence-electron chi connectivity index (χ2n) is 5.16. The summed E-state index contributed by atoms with van der Waals surface area (Å²) in [5.74, 6) is -0.105. The van der Waals surface area contributed by atoms with Crippen molar-refractivity contribution in [3.8, 4) is 0 Å². The number of halogens is 2. The van der Waals surface area contributed by atoms with Crippen LogP contribution in [0.2, 0.25) is 10.0 Å². The first-order chi connectivity index (χ1) is 10.5. The van der Waals surface area contributed by atoms with Crippen LogP contribution in [-0.4, -0.2) is 12.5 Å². The van der Waals surface area contributed by atoms with Crippen LogP contribution in [0.3, 0.4) is 0 Å². The summed E-state index contributed by atoms with van der Waals surface area (Å²) in [6.07, 6.45) is 0. The van der Waals surface area contributed by atoms with Crippen molar-refractivity contribution in [3.63, 3.8) is 0 Å². The number of carbonyl (C=O) groups excluding carboxylic acids is 1. The van der Waals surface area contributed by atoms with Gasteiger partial charge in [-0.3, -0.25) is 4.79 Å². The van der Waals surface area contributed by atoms with E-state index in [-0.39, 0.29) is 18.5 Å². The van der Waals surface area contributed by atoms with Crippen molar-refractivity contribution in [2.24, 2.45) is 0 Å². The molecular weight excluding hydrogens is 319 g/mol. The van der Waals surface area contributed by atoms with Crippen LogP contribution in [0.1, 0.15) is 24.1 Å². The van der Waals surface area contributed by atoms with E-state index in [1.807, 2.05) is 44.2 Å². The molecule has 0 unspecified atom stereocenters. The molecule has 0 heterocycles. The van der Waals surface area contributed by atoms with E-state index in [2.05, 4.69) is 10.6 Å². The molecule has 0 bridgehead atoms. The normalized spacial score (nSPS) is 12.0. The highest BCUT2D eigenvalue weighted by atomic mass is 35.5. The molecule has 0 aromatic heterocycles. The van der Waals surface area contributed by atoms with E-state index >= 15 is 0 Å². The lowest BCUT2D eigenvalue weighted by atomic mass is 10.1. The van der Waals surface area contributed by atoms with Gasteiger partial charge in [-0.2, -0.15) is 0 Å². The lowest BCUT2D eigenvalue weighted by Gasteiger charge is -2.15. The molecular formula is C17H18Cl2N2O. The van der Waals surface area contributed by atoms with Gasteiger partial charge in [-0.05, 0) is 49.2 Å². The topological polar surface area (TPSA) is 41.1 Å². The summed E-state index contributed by atoms with van der Waals surface area (Å²) in [4.78, 5) is 12.0. The summed E-state index contributed by atoms with van der Waals surface area (Å²) >= 11 is 11.8. The van der Waals surface area contributed by atoms with Crippen LogP contribution in [-0.2, 0) is 4.79 Å². The van der Waals surface area contributed by atoms with Gasteiger partial charge in [0.25, 0.3) is 0 Å². The maximum Gasteiger partial charge on any atom is 0.238 e. The van der Waals surface area contributed by atoms with Gasteiger partial charge in [0.1, 0.15) is 0 Å². The monoisotopic (exact) mass is 336 g/mol. The minimum atomic E-state index is -0.105. The summed E-state index contributed by atoms with van der Waals surface area (Å²) in [5.41, 5.74) is 2.79. The summed E-state index contributed by atoms with van der Waals surface area (Å²) < 4.78 is 0. The molecule has 2 rings (SSSR count). The van der Waals surface area contributed by atoms with Crippen LogP contribution >= 0.6 is 23.2 Å². The molecule has 2 N–H and O–H groups in total. The Morgan fingerprint density at radius 3 is 2.41 bits per heavy atom. The SMILES string of the molecule is Cc1ccc(Cl)cc1NC(=O)CN[C@H](C)c1ccc(Cl)cc1. The Morgan fingerprint density at radius 2 is 1.73 bits per heavy atom. The van der Waals surface area contributed by atoms with E-state index in [0.717, 1.165) is 16.8 Å². The maximum atomic E-state index is 12.0. The smallest absolute Gasteiger partial charge is 0.238 e. The first-order valence-corrected chi connectivity index (χ1v) is 7.76. The number of hydrogen-bond acceptors (Lipinski definition) is 2. The highest BCUT2D eigenvalue weighted by molar-refractivity contribution is 6.31. The third kappa shape index (κ3) is 4.73. The average Bonchev–Trinajstić information content (AvgIpc) is 2.49. The van der Waals surface area contributed by atoms with Gasteiger partial charge in [0.05, 0.1) is 6.54 Å². The molecule has 0 radical (unpaired) electrons. The molecule has 2 aromatic carbocycles. The number of carbonyl (C=O) groups is 1. The average molecular weight is 337 g/mol. The number of aryl methyl sites for hydroxylation is 1. The van der Waals surface area contributed by atoms with E-state index in [0.29, 0.717) is 10.0 Å². The Labute approximate surface area is 140 Å². The van der Waals surface area contributed by atoms with Crippen molar-refractivity contribution in [3.05, 3.63) is 63.6 Å².